The van der Waals surface area contributed by atoms with Crippen molar-refractivity contribution in [2.45, 2.75) is 151 Å². The molecule has 3 heterocycles. The molecule has 3 rings (SSSR count). The van der Waals surface area contributed by atoms with Gasteiger partial charge in [-0.2, -0.15) is 0 Å². The van der Waals surface area contributed by atoms with Crippen LogP contribution >= 0.6 is 0 Å². The van der Waals surface area contributed by atoms with Gasteiger partial charge in [-0.25, -0.2) is 0 Å². The predicted molar refractivity (Wildman–Crippen MR) is 148 cm³/mol. The van der Waals surface area contributed by atoms with E-state index in [4.69, 9.17) is 5.11 Å². The maximum Gasteiger partial charge on any atom is 0.320 e. The highest BCUT2D eigenvalue weighted by molar-refractivity contribution is 5.73. The standard InChI is InChI=1S/C10H19N.C9H17NO2.C9H19N.CH4/c1-7-8(2)11(9(7)3)10(4,5)6;1-9(2,3)10-6-4-5-7(10)8(11)12;1-8-6-5-7-10(8)9(2,3)4;/h7,9H,2H2,1,3-6H3;7H,4-6H2,1-3H3,(H,11,12);8H,5-7H2,1-4H3;1H4. The van der Waals surface area contributed by atoms with Crippen LogP contribution in [-0.4, -0.2) is 73.6 Å². The Morgan fingerprint density at radius 3 is 1.50 bits per heavy atom. The summed E-state index contributed by atoms with van der Waals surface area (Å²) in [6.07, 6.45) is 4.58. The van der Waals surface area contributed by atoms with E-state index in [1.165, 1.54) is 25.1 Å². The van der Waals surface area contributed by atoms with Gasteiger partial charge in [0.1, 0.15) is 6.04 Å². The fraction of sp³-hybridized carbons (Fsp3) is 0.897. The summed E-state index contributed by atoms with van der Waals surface area (Å²) in [7, 11) is 0. The lowest BCUT2D eigenvalue weighted by molar-refractivity contribution is -0.143. The van der Waals surface area contributed by atoms with Gasteiger partial charge >= 0.3 is 5.97 Å². The maximum atomic E-state index is 10.8. The summed E-state index contributed by atoms with van der Waals surface area (Å²) in [5.41, 5.74) is 1.92. The van der Waals surface area contributed by atoms with Crippen LogP contribution in [0, 0.1) is 5.92 Å². The highest BCUT2D eigenvalue weighted by Crippen LogP contribution is 2.40. The number of rotatable bonds is 1. The van der Waals surface area contributed by atoms with Gasteiger partial charge in [0.25, 0.3) is 0 Å². The van der Waals surface area contributed by atoms with Crippen LogP contribution in [-0.2, 0) is 4.79 Å². The molecule has 5 nitrogen and oxygen atoms in total. The average Bonchev–Trinajstić information content (AvgIpc) is 3.29. The number of carboxylic acid groups (broad SMARTS) is 1. The minimum absolute atomic E-state index is 0. The topological polar surface area (TPSA) is 47.0 Å². The Morgan fingerprint density at radius 1 is 0.824 bits per heavy atom. The Bertz CT molecular complexity index is 654. The second-order valence-corrected chi connectivity index (χ2v) is 13.3. The lowest BCUT2D eigenvalue weighted by Crippen LogP contribution is -2.58. The molecule has 0 aromatic rings. The molecule has 3 aliphatic rings. The first kappa shape index (κ1) is 32.9. The number of aliphatic carboxylic acids is 1. The first-order chi connectivity index (χ1) is 14.8. The molecule has 0 spiro atoms. The molecule has 202 valence electrons. The number of hydrogen-bond acceptors (Lipinski definition) is 4. The molecular formula is C29H59N3O2. The molecule has 4 atom stereocenters. The Balaban J connectivity index is 0.000000475. The summed E-state index contributed by atoms with van der Waals surface area (Å²) >= 11 is 0. The van der Waals surface area contributed by atoms with Crippen LogP contribution in [0.5, 0.6) is 0 Å². The van der Waals surface area contributed by atoms with Crippen molar-refractivity contribution in [1.29, 1.82) is 0 Å². The highest BCUT2D eigenvalue weighted by Gasteiger charge is 2.41. The molecule has 0 aromatic carbocycles. The van der Waals surface area contributed by atoms with Crippen molar-refractivity contribution >= 4 is 5.97 Å². The van der Waals surface area contributed by atoms with Gasteiger partial charge in [-0.15, -0.1) is 0 Å². The molecule has 0 saturated carbocycles. The second-order valence-electron chi connectivity index (χ2n) is 13.3. The van der Waals surface area contributed by atoms with Gasteiger partial charge in [0, 0.05) is 40.3 Å². The Labute approximate surface area is 213 Å². The average molecular weight is 482 g/mol. The summed E-state index contributed by atoms with van der Waals surface area (Å²) < 4.78 is 0. The fourth-order valence-electron chi connectivity index (χ4n) is 5.70. The van der Waals surface area contributed by atoms with Crippen LogP contribution in [0.2, 0.25) is 0 Å². The number of hydrogen-bond donors (Lipinski definition) is 1. The van der Waals surface area contributed by atoms with Crippen molar-refractivity contribution in [3.8, 4) is 0 Å². The third kappa shape index (κ3) is 8.55. The summed E-state index contributed by atoms with van der Waals surface area (Å²) in [5.74, 6) is -0.00310. The molecule has 3 fully saturated rings. The SMILES string of the molecule is C.C=C1C(C)C(C)N1C(C)(C)C.CC(C)(C)N1CCCC1C(=O)O.CC1CCCN1C(C)(C)C. The van der Waals surface area contributed by atoms with Crippen molar-refractivity contribution in [3.63, 3.8) is 0 Å². The lowest BCUT2D eigenvalue weighted by atomic mass is 9.83. The number of carbonyl (C=O) groups is 1. The van der Waals surface area contributed by atoms with Crippen LogP contribution in [0.25, 0.3) is 0 Å². The molecule has 0 bridgehead atoms. The van der Waals surface area contributed by atoms with Gasteiger partial charge in [-0.1, -0.05) is 20.9 Å². The van der Waals surface area contributed by atoms with Gasteiger partial charge < -0.3 is 10.0 Å². The molecule has 4 unspecified atom stereocenters. The minimum Gasteiger partial charge on any atom is -0.480 e. The fourth-order valence-corrected chi connectivity index (χ4v) is 5.70. The van der Waals surface area contributed by atoms with Crippen molar-refractivity contribution in [2.75, 3.05) is 13.1 Å². The van der Waals surface area contributed by atoms with Gasteiger partial charge in [0.2, 0.25) is 0 Å². The van der Waals surface area contributed by atoms with E-state index in [0.29, 0.717) is 17.5 Å². The number of carboxylic acids is 1. The van der Waals surface area contributed by atoms with E-state index >= 15 is 0 Å². The third-order valence-corrected chi connectivity index (χ3v) is 7.50. The van der Waals surface area contributed by atoms with Crippen LogP contribution in [0.1, 0.15) is 116 Å². The summed E-state index contributed by atoms with van der Waals surface area (Å²) in [4.78, 5) is 17.9. The first-order valence-corrected chi connectivity index (χ1v) is 13.0. The van der Waals surface area contributed by atoms with Gasteiger partial charge in [0.15, 0.2) is 0 Å². The molecule has 0 radical (unpaired) electrons. The quantitative estimate of drug-likeness (QED) is 0.442. The zero-order chi connectivity index (χ0) is 25.9. The molecule has 3 saturated heterocycles. The van der Waals surface area contributed by atoms with Gasteiger partial charge in [-0.3, -0.25) is 14.6 Å². The van der Waals surface area contributed by atoms with E-state index in [1.54, 1.807) is 0 Å². The van der Waals surface area contributed by atoms with Crippen molar-refractivity contribution in [3.05, 3.63) is 12.3 Å². The summed E-state index contributed by atoms with van der Waals surface area (Å²) in [6.45, 7) is 32.9. The number of nitrogens with zero attached hydrogens (tertiary/aromatic N) is 3. The van der Waals surface area contributed by atoms with E-state index in [1.807, 2.05) is 0 Å². The van der Waals surface area contributed by atoms with Gasteiger partial charge in [0.05, 0.1) is 0 Å². The van der Waals surface area contributed by atoms with Crippen LogP contribution < -0.4 is 0 Å². The first-order valence-electron chi connectivity index (χ1n) is 13.0. The predicted octanol–water partition coefficient (Wildman–Crippen LogP) is 6.88. The van der Waals surface area contributed by atoms with E-state index in [0.717, 1.165) is 25.4 Å². The summed E-state index contributed by atoms with van der Waals surface area (Å²) in [5, 5.41) is 8.91. The molecule has 0 aromatic heterocycles. The molecule has 0 amide bonds. The van der Waals surface area contributed by atoms with E-state index in [2.05, 4.69) is 104 Å². The van der Waals surface area contributed by atoms with Crippen molar-refractivity contribution < 1.29 is 9.90 Å². The molecule has 0 aliphatic carbocycles. The molecule has 3 aliphatic heterocycles. The molecule has 5 heteroatoms. The Kier molecular flexibility index (Phi) is 11.9. The third-order valence-electron chi connectivity index (χ3n) is 7.50. The largest absolute Gasteiger partial charge is 0.480 e. The molecule has 1 N–H and O–H groups in total. The maximum absolute atomic E-state index is 10.8. The summed E-state index contributed by atoms with van der Waals surface area (Å²) in [6, 6.07) is 1.22. The normalized spacial score (nSPS) is 28.2. The zero-order valence-electron chi connectivity index (χ0n) is 24.0. The zero-order valence-corrected chi connectivity index (χ0v) is 24.0. The van der Waals surface area contributed by atoms with E-state index in [-0.39, 0.29) is 24.5 Å². The van der Waals surface area contributed by atoms with Crippen LogP contribution in [0.3, 0.4) is 0 Å². The monoisotopic (exact) mass is 481 g/mol. The van der Waals surface area contributed by atoms with Gasteiger partial charge in [-0.05, 0) is 115 Å². The van der Waals surface area contributed by atoms with E-state index in [9.17, 15) is 4.79 Å². The molecule has 34 heavy (non-hydrogen) atoms. The van der Waals surface area contributed by atoms with Crippen molar-refractivity contribution in [2.24, 2.45) is 5.92 Å². The minimum atomic E-state index is -0.678. The second kappa shape index (κ2) is 12.3. The van der Waals surface area contributed by atoms with Crippen LogP contribution in [0.15, 0.2) is 12.3 Å². The molecular weight excluding hydrogens is 422 g/mol. The van der Waals surface area contributed by atoms with E-state index < -0.39 is 5.97 Å². The smallest absolute Gasteiger partial charge is 0.320 e. The highest BCUT2D eigenvalue weighted by atomic mass is 16.4. The Hall–Kier alpha value is -1.07. The Morgan fingerprint density at radius 2 is 1.26 bits per heavy atom. The number of likely N-dealkylation sites (tertiary alicyclic amines) is 3. The van der Waals surface area contributed by atoms with Crippen molar-refractivity contribution in [1.82, 2.24) is 14.7 Å². The van der Waals surface area contributed by atoms with Crippen LogP contribution in [0.4, 0.5) is 0 Å². The lowest BCUT2D eigenvalue weighted by Gasteiger charge is -2.56.